The molecule has 5 N–H and O–H groups in total. The first kappa shape index (κ1) is 14.9. The van der Waals surface area contributed by atoms with Crippen LogP contribution in [-0.2, 0) is 9.59 Å². The fourth-order valence-electron chi connectivity index (χ4n) is 1.47. The highest BCUT2D eigenvalue weighted by Gasteiger charge is 2.20. The summed E-state index contributed by atoms with van der Waals surface area (Å²) in [6, 6.07) is 4.88. The van der Waals surface area contributed by atoms with Crippen LogP contribution < -0.4 is 10.6 Å². The van der Waals surface area contributed by atoms with Crippen molar-refractivity contribution in [2.24, 2.45) is 0 Å². The van der Waals surface area contributed by atoms with Crippen molar-refractivity contribution >= 4 is 17.6 Å². The molecule has 1 atom stereocenters. The molecule has 104 valence electrons. The van der Waals surface area contributed by atoms with Gasteiger partial charge in [-0.3, -0.25) is 9.59 Å². The standard InChI is InChI=1S/C12H16N2O5/c15-5-4-13-10(12(18)19)7-11(17)14-8-2-1-3-9(16)6-8/h1-3,6,10,13,15-16H,4-5,7H2,(H,14,17)(H,18,19)/t10-/m0/s1. The van der Waals surface area contributed by atoms with E-state index in [4.69, 9.17) is 10.2 Å². The van der Waals surface area contributed by atoms with Crippen molar-refractivity contribution < 1.29 is 24.9 Å². The van der Waals surface area contributed by atoms with Gasteiger partial charge in [0.05, 0.1) is 13.0 Å². The average Bonchev–Trinajstić information content (AvgIpc) is 2.34. The van der Waals surface area contributed by atoms with Gasteiger partial charge in [-0.2, -0.15) is 0 Å². The van der Waals surface area contributed by atoms with Gasteiger partial charge in [0.25, 0.3) is 0 Å². The summed E-state index contributed by atoms with van der Waals surface area (Å²) < 4.78 is 0. The third-order valence-corrected chi connectivity index (χ3v) is 2.32. The van der Waals surface area contributed by atoms with Gasteiger partial charge in [0.15, 0.2) is 0 Å². The second-order valence-electron chi connectivity index (χ2n) is 3.87. The number of phenols is 1. The minimum atomic E-state index is -1.17. The first-order valence-corrected chi connectivity index (χ1v) is 5.69. The number of benzene rings is 1. The molecule has 0 spiro atoms. The Balaban J connectivity index is 2.55. The molecule has 1 aromatic carbocycles. The monoisotopic (exact) mass is 268 g/mol. The van der Waals surface area contributed by atoms with Crippen LogP contribution >= 0.6 is 0 Å². The summed E-state index contributed by atoms with van der Waals surface area (Å²) in [6.07, 6.45) is -0.273. The van der Waals surface area contributed by atoms with E-state index in [1.165, 1.54) is 12.1 Å². The summed E-state index contributed by atoms with van der Waals surface area (Å²) in [5.41, 5.74) is 0.385. The Bertz CT molecular complexity index is 450. The lowest BCUT2D eigenvalue weighted by molar-refractivity contribution is -0.141. The van der Waals surface area contributed by atoms with Crippen LogP contribution in [0.4, 0.5) is 5.69 Å². The van der Waals surface area contributed by atoms with E-state index in [1.807, 2.05) is 0 Å². The minimum Gasteiger partial charge on any atom is -0.508 e. The quantitative estimate of drug-likeness (QED) is 0.465. The predicted molar refractivity (Wildman–Crippen MR) is 67.9 cm³/mol. The molecular formula is C12H16N2O5. The molecule has 0 aliphatic heterocycles. The molecule has 0 aliphatic rings. The first-order valence-electron chi connectivity index (χ1n) is 5.69. The lowest BCUT2D eigenvalue weighted by Crippen LogP contribution is -2.41. The second-order valence-corrected chi connectivity index (χ2v) is 3.87. The summed E-state index contributed by atoms with van der Waals surface area (Å²) in [5, 5.41) is 31.8. The molecule has 0 unspecified atom stereocenters. The van der Waals surface area contributed by atoms with Gasteiger partial charge in [0.1, 0.15) is 11.8 Å². The molecule has 7 nitrogen and oxygen atoms in total. The molecule has 0 aromatic heterocycles. The van der Waals surface area contributed by atoms with Gasteiger partial charge in [0.2, 0.25) is 5.91 Å². The highest BCUT2D eigenvalue weighted by atomic mass is 16.4. The molecule has 0 aliphatic carbocycles. The number of rotatable bonds is 7. The topological polar surface area (TPSA) is 119 Å². The van der Waals surface area contributed by atoms with Crippen LogP contribution in [0.2, 0.25) is 0 Å². The number of phenolic OH excluding ortho intramolecular Hbond substituents is 1. The summed E-state index contributed by atoms with van der Waals surface area (Å²) in [5.74, 6) is -1.66. The number of nitrogens with one attached hydrogen (secondary N) is 2. The zero-order chi connectivity index (χ0) is 14.3. The Kier molecular flexibility index (Phi) is 5.77. The summed E-state index contributed by atoms with van der Waals surface area (Å²) in [7, 11) is 0. The van der Waals surface area contributed by atoms with Crippen molar-refractivity contribution in [3.63, 3.8) is 0 Å². The second kappa shape index (κ2) is 7.34. The van der Waals surface area contributed by atoms with Crippen LogP contribution in [0.3, 0.4) is 0 Å². The summed E-state index contributed by atoms with van der Waals surface area (Å²) in [6.45, 7) is -0.117. The SMILES string of the molecule is O=C(C[C@H](NCCO)C(=O)O)Nc1cccc(O)c1. The molecule has 0 bridgehead atoms. The zero-order valence-corrected chi connectivity index (χ0v) is 10.2. The molecule has 1 rings (SSSR count). The van der Waals surface area contributed by atoms with Crippen molar-refractivity contribution in [3.05, 3.63) is 24.3 Å². The van der Waals surface area contributed by atoms with Crippen LogP contribution in [0.15, 0.2) is 24.3 Å². The number of anilines is 1. The number of carbonyl (C=O) groups is 2. The summed E-state index contributed by atoms with van der Waals surface area (Å²) in [4.78, 5) is 22.5. The van der Waals surface area contributed by atoms with Gasteiger partial charge >= 0.3 is 5.97 Å². The maximum absolute atomic E-state index is 11.6. The molecule has 7 heteroatoms. The number of hydrogen-bond donors (Lipinski definition) is 5. The number of carboxylic acids is 1. The Morgan fingerprint density at radius 1 is 1.32 bits per heavy atom. The van der Waals surface area contributed by atoms with Gasteiger partial charge in [-0.25, -0.2) is 0 Å². The number of carboxylic acid groups (broad SMARTS) is 1. The van der Waals surface area contributed by atoms with E-state index in [-0.39, 0.29) is 25.3 Å². The number of hydrogen-bond acceptors (Lipinski definition) is 5. The van der Waals surface area contributed by atoms with E-state index in [9.17, 15) is 14.7 Å². The van der Waals surface area contributed by atoms with Crippen molar-refractivity contribution in [3.8, 4) is 5.75 Å². The molecule has 0 heterocycles. The Labute approximate surface area is 109 Å². The molecule has 0 fully saturated rings. The lowest BCUT2D eigenvalue weighted by Gasteiger charge is -2.13. The molecule has 19 heavy (non-hydrogen) atoms. The van der Waals surface area contributed by atoms with E-state index in [2.05, 4.69) is 10.6 Å². The van der Waals surface area contributed by atoms with E-state index in [0.717, 1.165) is 0 Å². The maximum atomic E-state index is 11.6. The Hall–Kier alpha value is -2.12. The fraction of sp³-hybridized carbons (Fsp3) is 0.333. The van der Waals surface area contributed by atoms with Gasteiger partial charge in [-0.15, -0.1) is 0 Å². The van der Waals surface area contributed by atoms with Crippen molar-refractivity contribution in [1.29, 1.82) is 0 Å². The zero-order valence-electron chi connectivity index (χ0n) is 10.2. The van der Waals surface area contributed by atoms with E-state index in [1.54, 1.807) is 12.1 Å². The van der Waals surface area contributed by atoms with Crippen LogP contribution in [0.25, 0.3) is 0 Å². The van der Waals surface area contributed by atoms with Gasteiger partial charge in [-0.05, 0) is 12.1 Å². The number of amides is 1. The summed E-state index contributed by atoms with van der Waals surface area (Å²) >= 11 is 0. The van der Waals surface area contributed by atoms with Crippen LogP contribution in [0.1, 0.15) is 6.42 Å². The third-order valence-electron chi connectivity index (χ3n) is 2.32. The highest BCUT2D eigenvalue weighted by molar-refractivity contribution is 5.94. The Morgan fingerprint density at radius 3 is 2.63 bits per heavy atom. The number of aliphatic hydroxyl groups is 1. The Morgan fingerprint density at radius 2 is 2.05 bits per heavy atom. The number of aromatic hydroxyl groups is 1. The smallest absolute Gasteiger partial charge is 0.321 e. The van der Waals surface area contributed by atoms with Crippen molar-refractivity contribution in [1.82, 2.24) is 5.32 Å². The largest absolute Gasteiger partial charge is 0.508 e. The van der Waals surface area contributed by atoms with Crippen LogP contribution in [0, 0.1) is 0 Å². The fourth-order valence-corrected chi connectivity index (χ4v) is 1.47. The van der Waals surface area contributed by atoms with Crippen LogP contribution in [-0.4, -0.2) is 46.4 Å². The van der Waals surface area contributed by atoms with Gasteiger partial charge < -0.3 is 26.0 Å². The van der Waals surface area contributed by atoms with E-state index >= 15 is 0 Å². The normalized spacial score (nSPS) is 11.8. The lowest BCUT2D eigenvalue weighted by atomic mass is 10.2. The minimum absolute atomic E-state index is 0.00555. The third kappa shape index (κ3) is 5.36. The number of carbonyl (C=O) groups excluding carboxylic acids is 1. The molecule has 1 aromatic rings. The predicted octanol–water partition coefficient (Wildman–Crippen LogP) is -0.244. The molecule has 0 radical (unpaired) electrons. The number of aliphatic carboxylic acids is 1. The number of aliphatic hydroxyl groups excluding tert-OH is 1. The molecule has 1 amide bonds. The maximum Gasteiger partial charge on any atom is 0.321 e. The molecule has 0 saturated carbocycles. The van der Waals surface area contributed by atoms with Crippen molar-refractivity contribution in [2.75, 3.05) is 18.5 Å². The van der Waals surface area contributed by atoms with Crippen molar-refractivity contribution in [2.45, 2.75) is 12.5 Å². The van der Waals surface area contributed by atoms with Crippen LogP contribution in [0.5, 0.6) is 5.75 Å². The molecule has 0 saturated heterocycles. The van der Waals surface area contributed by atoms with E-state index < -0.39 is 17.9 Å². The first-order chi connectivity index (χ1) is 9.02. The highest BCUT2D eigenvalue weighted by Crippen LogP contribution is 2.15. The molecular weight excluding hydrogens is 252 g/mol. The van der Waals surface area contributed by atoms with E-state index in [0.29, 0.717) is 5.69 Å². The van der Waals surface area contributed by atoms with Gasteiger partial charge in [0, 0.05) is 18.3 Å². The average molecular weight is 268 g/mol. The van der Waals surface area contributed by atoms with Gasteiger partial charge in [-0.1, -0.05) is 6.07 Å².